The molecule has 1 heterocycles. The van der Waals surface area contributed by atoms with E-state index >= 15 is 0 Å². The quantitative estimate of drug-likeness (QED) is 0.339. The first kappa shape index (κ1) is 32.0. The van der Waals surface area contributed by atoms with Gasteiger partial charge in [-0.3, -0.25) is 24.0 Å². The number of amides is 4. The Bertz CT molecular complexity index is 1060. The van der Waals surface area contributed by atoms with Gasteiger partial charge in [-0.25, -0.2) is 0 Å². The predicted molar refractivity (Wildman–Crippen MR) is 160 cm³/mol. The summed E-state index contributed by atoms with van der Waals surface area (Å²) in [5.74, 6) is -0.622. The number of ketones is 1. The van der Waals surface area contributed by atoms with Crippen molar-refractivity contribution in [1.82, 2.24) is 20.9 Å². The lowest BCUT2D eigenvalue weighted by Gasteiger charge is -2.26. The zero-order valence-corrected chi connectivity index (χ0v) is 25.5. The number of carbonyl (C=O) groups is 5. The first-order valence-electron chi connectivity index (χ1n) is 14.0. The van der Waals surface area contributed by atoms with Crippen molar-refractivity contribution in [3.63, 3.8) is 0 Å². The zero-order valence-electron chi connectivity index (χ0n) is 23.9. The van der Waals surface area contributed by atoms with Crippen LogP contribution in [0.25, 0.3) is 0 Å². The molecule has 0 aromatic heterocycles. The average molecular weight is 591 g/mol. The normalized spacial score (nSPS) is 21.5. The molecule has 2 fully saturated rings. The first-order chi connectivity index (χ1) is 19.1. The van der Waals surface area contributed by atoms with Crippen LogP contribution in [0.15, 0.2) is 30.3 Å². The number of hydrogen-bond acceptors (Lipinski definition) is 7. The summed E-state index contributed by atoms with van der Waals surface area (Å²) in [5.41, 5.74) is 0.603. The molecule has 40 heavy (non-hydrogen) atoms. The van der Waals surface area contributed by atoms with E-state index in [4.69, 9.17) is 0 Å². The summed E-state index contributed by atoms with van der Waals surface area (Å²) in [7, 11) is 3.18. The van der Waals surface area contributed by atoms with E-state index in [1.54, 1.807) is 44.4 Å². The van der Waals surface area contributed by atoms with Crippen LogP contribution >= 0.6 is 23.5 Å². The smallest absolute Gasteiger partial charge is 0.290 e. The van der Waals surface area contributed by atoms with E-state index in [1.165, 1.54) is 17.7 Å². The van der Waals surface area contributed by atoms with Gasteiger partial charge in [0.15, 0.2) is 0 Å². The number of nitrogens with zero attached hydrogens (tertiary/aromatic N) is 1. The van der Waals surface area contributed by atoms with Gasteiger partial charge < -0.3 is 20.9 Å². The van der Waals surface area contributed by atoms with Crippen molar-refractivity contribution in [2.75, 3.05) is 32.1 Å². The van der Waals surface area contributed by atoms with Gasteiger partial charge in [0.2, 0.25) is 23.5 Å². The molecule has 1 aromatic rings. The topological polar surface area (TPSA) is 125 Å². The summed E-state index contributed by atoms with van der Waals surface area (Å²) in [6.45, 7) is 3.50. The third-order valence-electron chi connectivity index (χ3n) is 7.43. The molecule has 2 aliphatic rings. The van der Waals surface area contributed by atoms with E-state index in [1.807, 2.05) is 30.4 Å². The molecule has 1 aliphatic carbocycles. The molecule has 3 rings (SSSR count). The summed E-state index contributed by atoms with van der Waals surface area (Å²) in [4.78, 5) is 65.8. The molecule has 4 atom stereocenters. The SMILES string of the molecule is CCCC(NC(=O)C1CC2(CC1C)SCCCCS2)C(=O)C(=O)NCC(=O)N[C@H](C(=O)N(C)C)c1ccccc1. The Morgan fingerprint density at radius 3 is 2.25 bits per heavy atom. The highest BCUT2D eigenvalue weighted by molar-refractivity contribution is 8.18. The van der Waals surface area contributed by atoms with Gasteiger partial charge in [0.1, 0.15) is 6.04 Å². The minimum atomic E-state index is -0.953. The van der Waals surface area contributed by atoms with Crippen LogP contribution in [0.2, 0.25) is 0 Å². The number of benzene rings is 1. The maximum absolute atomic E-state index is 13.3. The maximum atomic E-state index is 13.3. The van der Waals surface area contributed by atoms with E-state index in [0.29, 0.717) is 18.4 Å². The Kier molecular flexibility index (Phi) is 11.9. The van der Waals surface area contributed by atoms with Crippen molar-refractivity contribution >= 4 is 52.9 Å². The fourth-order valence-electron chi connectivity index (χ4n) is 5.25. The number of hydrogen-bond donors (Lipinski definition) is 3. The van der Waals surface area contributed by atoms with Crippen molar-refractivity contribution in [3.05, 3.63) is 35.9 Å². The average Bonchev–Trinajstić information content (AvgIpc) is 3.10. The molecule has 1 saturated heterocycles. The maximum Gasteiger partial charge on any atom is 0.290 e. The molecule has 3 N–H and O–H groups in total. The van der Waals surface area contributed by atoms with Crippen LogP contribution in [0, 0.1) is 11.8 Å². The third kappa shape index (κ3) is 8.49. The number of Topliss-reactive ketones (excluding diaryl/α,β-unsaturated/α-hetero) is 1. The monoisotopic (exact) mass is 590 g/mol. The van der Waals surface area contributed by atoms with Crippen molar-refractivity contribution in [2.45, 2.75) is 68.5 Å². The number of carbonyl (C=O) groups excluding carboxylic acids is 5. The first-order valence-corrected chi connectivity index (χ1v) is 16.0. The molecule has 11 heteroatoms. The fraction of sp³-hybridized carbons (Fsp3) is 0.621. The summed E-state index contributed by atoms with van der Waals surface area (Å²) < 4.78 is 0.0541. The summed E-state index contributed by atoms with van der Waals surface area (Å²) >= 11 is 3.93. The highest BCUT2D eigenvalue weighted by Gasteiger charge is 2.47. The predicted octanol–water partition coefficient (Wildman–Crippen LogP) is 2.90. The van der Waals surface area contributed by atoms with Gasteiger partial charge in [0.25, 0.3) is 5.91 Å². The Balaban J connectivity index is 1.57. The third-order valence-corrected chi connectivity index (χ3v) is 10.8. The summed E-state index contributed by atoms with van der Waals surface area (Å²) in [6, 6.07) is 6.91. The number of thioether (sulfide) groups is 2. The highest BCUT2D eigenvalue weighted by atomic mass is 32.2. The molecule has 220 valence electrons. The van der Waals surface area contributed by atoms with Gasteiger partial charge >= 0.3 is 0 Å². The van der Waals surface area contributed by atoms with E-state index in [2.05, 4.69) is 22.9 Å². The van der Waals surface area contributed by atoms with Crippen molar-refractivity contribution < 1.29 is 24.0 Å². The summed E-state index contributed by atoms with van der Waals surface area (Å²) in [5, 5.41) is 7.87. The van der Waals surface area contributed by atoms with Gasteiger partial charge in [0, 0.05) is 20.0 Å². The van der Waals surface area contributed by atoms with Gasteiger partial charge in [0.05, 0.1) is 16.7 Å². The molecule has 4 amide bonds. The van der Waals surface area contributed by atoms with Gasteiger partial charge in [-0.2, -0.15) is 0 Å². The lowest BCUT2D eigenvalue weighted by Crippen LogP contribution is -2.51. The van der Waals surface area contributed by atoms with Gasteiger partial charge in [-0.05, 0) is 55.1 Å². The second kappa shape index (κ2) is 14.9. The highest BCUT2D eigenvalue weighted by Crippen LogP contribution is 2.55. The van der Waals surface area contributed by atoms with Crippen LogP contribution in [0.4, 0.5) is 0 Å². The fourth-order valence-corrected chi connectivity index (χ4v) is 8.88. The van der Waals surface area contributed by atoms with E-state index < -0.39 is 36.2 Å². The molecular weight excluding hydrogens is 548 g/mol. The molecule has 9 nitrogen and oxygen atoms in total. The molecule has 1 saturated carbocycles. The van der Waals surface area contributed by atoms with Crippen LogP contribution in [0.3, 0.4) is 0 Å². The molecule has 1 aliphatic heterocycles. The molecule has 0 radical (unpaired) electrons. The van der Waals surface area contributed by atoms with Crippen LogP contribution in [0.1, 0.15) is 64.0 Å². The molecular formula is C29H42N4O5S2. The van der Waals surface area contributed by atoms with E-state index in [0.717, 1.165) is 24.3 Å². The minimum absolute atomic E-state index is 0.0541. The second-order valence-corrected chi connectivity index (χ2v) is 14.1. The number of rotatable bonds is 11. The van der Waals surface area contributed by atoms with Crippen LogP contribution in [0.5, 0.6) is 0 Å². The Hall–Kier alpha value is -2.53. The van der Waals surface area contributed by atoms with Crippen LogP contribution in [-0.2, 0) is 24.0 Å². The van der Waals surface area contributed by atoms with E-state index in [-0.39, 0.29) is 27.7 Å². The van der Waals surface area contributed by atoms with Crippen LogP contribution in [-0.4, -0.2) is 76.6 Å². The Labute approximate surface area is 245 Å². The molecule has 1 spiro atoms. The molecule has 3 unspecified atom stereocenters. The van der Waals surface area contributed by atoms with Gasteiger partial charge in [-0.1, -0.05) is 50.6 Å². The largest absolute Gasteiger partial charge is 0.347 e. The van der Waals surface area contributed by atoms with Crippen molar-refractivity contribution in [3.8, 4) is 0 Å². The molecule has 1 aromatic carbocycles. The van der Waals surface area contributed by atoms with Gasteiger partial charge in [-0.15, -0.1) is 23.5 Å². The van der Waals surface area contributed by atoms with Crippen LogP contribution < -0.4 is 16.0 Å². The lowest BCUT2D eigenvalue weighted by atomic mass is 9.96. The number of likely N-dealkylation sites (N-methyl/N-ethyl adjacent to an activating group) is 1. The van der Waals surface area contributed by atoms with Crippen molar-refractivity contribution in [1.29, 1.82) is 0 Å². The summed E-state index contributed by atoms with van der Waals surface area (Å²) in [6.07, 6.45) is 5.05. The lowest BCUT2D eigenvalue weighted by molar-refractivity contribution is -0.141. The second-order valence-electron chi connectivity index (χ2n) is 10.8. The van der Waals surface area contributed by atoms with E-state index in [9.17, 15) is 24.0 Å². The standard InChI is InChI=1S/C29H42N4O5S2/c1-5-11-22(31-26(36)21-17-29(16-19(21)2)39-14-9-10-15-40-29)25(35)27(37)30-18-23(34)32-24(28(38)33(3)4)20-12-7-6-8-13-20/h6-8,12-13,19,21-22,24H,5,9-11,14-18H2,1-4H3,(H,30,37)(H,31,36)(H,32,34)/t19?,21?,22?,24-/m0/s1. The minimum Gasteiger partial charge on any atom is -0.347 e. The van der Waals surface area contributed by atoms with Crippen molar-refractivity contribution in [2.24, 2.45) is 11.8 Å². The Morgan fingerprint density at radius 1 is 1.00 bits per heavy atom. The number of nitrogens with one attached hydrogen (secondary N) is 3. The molecule has 0 bridgehead atoms. The Morgan fingerprint density at radius 2 is 1.65 bits per heavy atom. The zero-order chi connectivity index (χ0) is 29.3.